The zero-order chi connectivity index (χ0) is 47.9. The maximum atomic E-state index is 12.8. The molecule has 0 aromatic rings. The third kappa shape index (κ3) is 51.3. The highest BCUT2D eigenvalue weighted by molar-refractivity contribution is 5.71. The summed E-state index contributed by atoms with van der Waals surface area (Å²) in [5.41, 5.74) is 0. The van der Waals surface area contributed by atoms with Gasteiger partial charge in [0, 0.05) is 19.3 Å². The average Bonchev–Trinajstić information content (AvgIpc) is 3.31. The maximum Gasteiger partial charge on any atom is 0.306 e. The summed E-state index contributed by atoms with van der Waals surface area (Å²) in [6, 6.07) is 0. The van der Waals surface area contributed by atoms with Crippen LogP contribution in [-0.2, 0) is 28.6 Å². The highest BCUT2D eigenvalue weighted by Crippen LogP contribution is 2.15. The third-order valence-electron chi connectivity index (χ3n) is 11.4. The van der Waals surface area contributed by atoms with Gasteiger partial charge < -0.3 is 14.2 Å². The summed E-state index contributed by atoms with van der Waals surface area (Å²) in [6.07, 6.45) is 71.0. The van der Waals surface area contributed by atoms with E-state index in [9.17, 15) is 14.4 Å². The van der Waals surface area contributed by atoms with Crippen molar-refractivity contribution in [1.29, 1.82) is 0 Å². The summed E-state index contributed by atoms with van der Waals surface area (Å²) in [5, 5.41) is 0. The van der Waals surface area contributed by atoms with E-state index in [1.54, 1.807) is 0 Å². The Morgan fingerprint density at radius 2 is 0.621 bits per heavy atom. The first kappa shape index (κ1) is 62.3. The van der Waals surface area contributed by atoms with Crippen molar-refractivity contribution in [1.82, 2.24) is 0 Å². The lowest BCUT2D eigenvalue weighted by molar-refractivity contribution is -0.167. The molecule has 0 N–H and O–H groups in total. The Kier molecular flexibility index (Phi) is 50.9. The van der Waals surface area contributed by atoms with E-state index in [0.29, 0.717) is 19.3 Å². The van der Waals surface area contributed by atoms with Gasteiger partial charge in [0.25, 0.3) is 0 Å². The van der Waals surface area contributed by atoms with Gasteiger partial charge in [0.2, 0.25) is 0 Å². The molecule has 1 unspecified atom stereocenters. The summed E-state index contributed by atoms with van der Waals surface area (Å²) in [4.78, 5) is 38.1. The van der Waals surface area contributed by atoms with Gasteiger partial charge in [0.15, 0.2) is 6.10 Å². The van der Waals surface area contributed by atoms with Crippen LogP contribution in [0.15, 0.2) is 97.2 Å². The fourth-order valence-electron chi connectivity index (χ4n) is 7.38. The molecule has 0 rings (SSSR count). The van der Waals surface area contributed by atoms with Crippen LogP contribution < -0.4 is 0 Å². The molecule has 0 heterocycles. The van der Waals surface area contributed by atoms with Crippen LogP contribution in [0.5, 0.6) is 0 Å². The van der Waals surface area contributed by atoms with E-state index < -0.39 is 6.10 Å². The van der Waals surface area contributed by atoms with Crippen molar-refractivity contribution in [2.45, 2.75) is 252 Å². The lowest BCUT2D eigenvalue weighted by Gasteiger charge is -2.18. The number of carbonyl (C=O) groups excluding carboxylic acids is 3. The van der Waals surface area contributed by atoms with Crippen LogP contribution in [0, 0.1) is 0 Å². The van der Waals surface area contributed by atoms with Crippen molar-refractivity contribution in [2.24, 2.45) is 0 Å². The first-order valence-corrected chi connectivity index (χ1v) is 27.3. The van der Waals surface area contributed by atoms with E-state index in [0.717, 1.165) is 109 Å². The molecule has 0 spiro atoms. The van der Waals surface area contributed by atoms with Crippen LogP contribution in [0.1, 0.15) is 245 Å². The van der Waals surface area contributed by atoms with Gasteiger partial charge in [-0.1, -0.05) is 227 Å². The average molecular weight is 917 g/mol. The van der Waals surface area contributed by atoms with Crippen molar-refractivity contribution in [3.63, 3.8) is 0 Å². The first-order valence-electron chi connectivity index (χ1n) is 27.3. The predicted molar refractivity (Wildman–Crippen MR) is 284 cm³/mol. The minimum absolute atomic E-state index is 0.0886. The van der Waals surface area contributed by atoms with Crippen molar-refractivity contribution >= 4 is 17.9 Å². The Labute approximate surface area is 407 Å². The van der Waals surface area contributed by atoms with Crippen molar-refractivity contribution < 1.29 is 28.6 Å². The third-order valence-corrected chi connectivity index (χ3v) is 11.4. The Balaban J connectivity index is 4.40. The van der Waals surface area contributed by atoms with Crippen molar-refractivity contribution in [3.8, 4) is 0 Å². The van der Waals surface area contributed by atoms with Gasteiger partial charge in [0.1, 0.15) is 13.2 Å². The van der Waals surface area contributed by atoms with Crippen molar-refractivity contribution in [3.05, 3.63) is 97.2 Å². The van der Waals surface area contributed by atoms with E-state index in [4.69, 9.17) is 14.2 Å². The van der Waals surface area contributed by atoms with E-state index in [1.807, 2.05) is 0 Å². The van der Waals surface area contributed by atoms with Gasteiger partial charge in [-0.2, -0.15) is 0 Å². The Bertz CT molecular complexity index is 1330. The molecular weight excluding hydrogens is 817 g/mol. The molecule has 0 aliphatic carbocycles. The van der Waals surface area contributed by atoms with Crippen LogP contribution in [-0.4, -0.2) is 37.2 Å². The van der Waals surface area contributed by atoms with Gasteiger partial charge in [-0.25, -0.2) is 0 Å². The second-order valence-corrected chi connectivity index (χ2v) is 17.8. The fourth-order valence-corrected chi connectivity index (χ4v) is 7.38. The molecule has 376 valence electrons. The standard InChI is InChI=1S/C60H100O6/c1-4-7-10-13-16-19-22-25-28-29-30-31-33-35-38-41-44-47-50-53-59(62)65-56-57(55-64-58(61)52-49-46-43-40-37-34-27-24-21-18-15-12-9-6-3)66-60(63)54-51-48-45-42-39-36-32-26-23-20-17-14-11-8-5-2/h7-12,14,16-21,23,25,28,57H,4-6,13,15,22,24,26-27,29-56H2,1-3H3/b10-7-,11-8-,12-9-,17-14-,19-16-,21-18-,23-20-,28-25-. The molecule has 0 aromatic carbocycles. The summed E-state index contributed by atoms with van der Waals surface area (Å²) in [6.45, 7) is 6.28. The predicted octanol–water partition coefficient (Wildman–Crippen LogP) is 18.1. The Morgan fingerprint density at radius 3 is 1.02 bits per heavy atom. The molecule has 0 saturated carbocycles. The molecule has 66 heavy (non-hydrogen) atoms. The minimum Gasteiger partial charge on any atom is -0.462 e. The number of unbranched alkanes of at least 4 members (excludes halogenated alkanes) is 23. The number of hydrogen-bond donors (Lipinski definition) is 0. The molecule has 0 bridgehead atoms. The topological polar surface area (TPSA) is 78.9 Å². The smallest absolute Gasteiger partial charge is 0.306 e. The van der Waals surface area contributed by atoms with Gasteiger partial charge in [0.05, 0.1) is 0 Å². The number of carbonyl (C=O) groups is 3. The second-order valence-electron chi connectivity index (χ2n) is 17.8. The number of allylic oxidation sites excluding steroid dienone is 16. The minimum atomic E-state index is -0.790. The van der Waals surface area contributed by atoms with Gasteiger partial charge >= 0.3 is 17.9 Å². The van der Waals surface area contributed by atoms with Gasteiger partial charge in [-0.05, 0) is 96.3 Å². The molecule has 6 nitrogen and oxygen atoms in total. The fraction of sp³-hybridized carbons (Fsp3) is 0.683. The summed E-state index contributed by atoms with van der Waals surface area (Å²) in [7, 11) is 0. The highest BCUT2D eigenvalue weighted by atomic mass is 16.6. The second kappa shape index (κ2) is 53.9. The Hall–Kier alpha value is -3.67. The molecule has 0 aliphatic heterocycles. The molecular formula is C60H100O6. The number of rotatable bonds is 48. The quantitative estimate of drug-likeness (QED) is 0.0199. The molecule has 0 fully saturated rings. The molecule has 0 aromatic heterocycles. The van der Waals surface area contributed by atoms with E-state index in [1.165, 1.54) is 96.3 Å². The molecule has 0 amide bonds. The summed E-state index contributed by atoms with van der Waals surface area (Å²) in [5.74, 6) is -0.914. The van der Waals surface area contributed by atoms with Crippen LogP contribution in [0.25, 0.3) is 0 Å². The highest BCUT2D eigenvalue weighted by Gasteiger charge is 2.19. The number of esters is 3. The normalized spacial score (nSPS) is 12.8. The molecule has 0 radical (unpaired) electrons. The largest absolute Gasteiger partial charge is 0.462 e. The maximum absolute atomic E-state index is 12.8. The molecule has 6 heteroatoms. The van der Waals surface area contributed by atoms with E-state index in [2.05, 4.69) is 118 Å². The van der Waals surface area contributed by atoms with Crippen molar-refractivity contribution in [2.75, 3.05) is 13.2 Å². The lowest BCUT2D eigenvalue weighted by Crippen LogP contribution is -2.30. The zero-order valence-corrected chi connectivity index (χ0v) is 42.9. The summed E-state index contributed by atoms with van der Waals surface area (Å²) >= 11 is 0. The number of ether oxygens (including phenoxy) is 3. The van der Waals surface area contributed by atoms with Gasteiger partial charge in [-0.3, -0.25) is 14.4 Å². The summed E-state index contributed by atoms with van der Waals surface area (Å²) < 4.78 is 16.8. The van der Waals surface area contributed by atoms with Crippen LogP contribution in [0.3, 0.4) is 0 Å². The molecule has 0 saturated heterocycles. The van der Waals surface area contributed by atoms with Gasteiger partial charge in [-0.15, -0.1) is 0 Å². The Morgan fingerprint density at radius 1 is 0.318 bits per heavy atom. The van der Waals surface area contributed by atoms with Crippen LogP contribution >= 0.6 is 0 Å². The van der Waals surface area contributed by atoms with E-state index >= 15 is 0 Å². The SMILES string of the molecule is CC\C=C/C=C\C=C/CCCCCCCCCC(=O)OC(COC(=O)CCCCCCCCC/C=C\C/C=C\CC)COC(=O)CCCCCCCCCCC/C=C\C/C=C\C/C=C\CC. The molecule has 0 aliphatic rings. The first-order chi connectivity index (χ1) is 32.5. The van der Waals surface area contributed by atoms with Crippen LogP contribution in [0.2, 0.25) is 0 Å². The number of hydrogen-bond acceptors (Lipinski definition) is 6. The monoisotopic (exact) mass is 917 g/mol. The van der Waals surface area contributed by atoms with E-state index in [-0.39, 0.29) is 31.1 Å². The zero-order valence-electron chi connectivity index (χ0n) is 42.9. The lowest BCUT2D eigenvalue weighted by atomic mass is 10.1. The van der Waals surface area contributed by atoms with Crippen LogP contribution in [0.4, 0.5) is 0 Å². The molecule has 1 atom stereocenters.